The van der Waals surface area contributed by atoms with Crippen molar-refractivity contribution in [1.29, 1.82) is 0 Å². The molecule has 8 nitrogen and oxygen atoms in total. The van der Waals surface area contributed by atoms with Gasteiger partial charge in [-0.1, -0.05) is 11.3 Å². The van der Waals surface area contributed by atoms with Crippen molar-refractivity contribution in [2.24, 2.45) is 0 Å². The molecular formula is C17H23N5O3. The lowest BCUT2D eigenvalue weighted by atomic mass is 10.1. The lowest BCUT2D eigenvalue weighted by Crippen LogP contribution is -2.29. The second-order valence-corrected chi connectivity index (χ2v) is 5.89. The van der Waals surface area contributed by atoms with Crippen LogP contribution in [0.4, 0.5) is 5.69 Å². The maximum absolute atomic E-state index is 12.4. The van der Waals surface area contributed by atoms with Crippen LogP contribution in [0, 0.1) is 0 Å². The zero-order valence-electron chi connectivity index (χ0n) is 14.3. The molecule has 0 radical (unpaired) electrons. The molecule has 3 rings (SSSR count). The van der Waals surface area contributed by atoms with Crippen molar-refractivity contribution >= 4 is 11.6 Å². The Bertz CT molecular complexity index is 697. The fourth-order valence-electron chi connectivity index (χ4n) is 2.73. The lowest BCUT2D eigenvalue weighted by Gasteiger charge is -2.22. The van der Waals surface area contributed by atoms with Crippen LogP contribution >= 0.6 is 0 Å². The van der Waals surface area contributed by atoms with E-state index in [1.807, 2.05) is 12.1 Å². The number of anilines is 1. The Morgan fingerprint density at radius 1 is 1.36 bits per heavy atom. The normalized spacial score (nSPS) is 15.1. The molecule has 134 valence electrons. The van der Waals surface area contributed by atoms with Gasteiger partial charge in [-0.3, -0.25) is 4.79 Å². The molecule has 0 saturated carbocycles. The first-order valence-electron chi connectivity index (χ1n) is 8.42. The van der Waals surface area contributed by atoms with E-state index >= 15 is 0 Å². The summed E-state index contributed by atoms with van der Waals surface area (Å²) >= 11 is 0. The van der Waals surface area contributed by atoms with Crippen LogP contribution in [0.5, 0.6) is 5.75 Å². The van der Waals surface area contributed by atoms with E-state index in [-0.39, 0.29) is 5.91 Å². The number of hydrogen-bond acceptors (Lipinski definition) is 6. The molecule has 0 unspecified atom stereocenters. The van der Waals surface area contributed by atoms with Crippen LogP contribution in [0.25, 0.3) is 0 Å². The largest absolute Gasteiger partial charge is 0.491 e. The third-order valence-corrected chi connectivity index (χ3v) is 4.07. The van der Waals surface area contributed by atoms with Crippen molar-refractivity contribution in [3.8, 4) is 5.75 Å². The minimum Gasteiger partial charge on any atom is -0.491 e. The van der Waals surface area contributed by atoms with Gasteiger partial charge in [0.15, 0.2) is 5.69 Å². The Balaban J connectivity index is 1.60. The summed E-state index contributed by atoms with van der Waals surface area (Å²) in [7, 11) is 1.62. The average Bonchev–Trinajstić information content (AvgIpc) is 3.13. The molecule has 1 saturated heterocycles. The monoisotopic (exact) mass is 345 g/mol. The highest BCUT2D eigenvalue weighted by atomic mass is 16.5. The van der Waals surface area contributed by atoms with Gasteiger partial charge in [0, 0.05) is 18.9 Å². The highest BCUT2D eigenvalue weighted by molar-refractivity contribution is 6.02. The Morgan fingerprint density at radius 2 is 2.20 bits per heavy atom. The van der Waals surface area contributed by atoms with Crippen molar-refractivity contribution in [1.82, 2.24) is 20.3 Å². The first-order valence-corrected chi connectivity index (χ1v) is 8.42. The summed E-state index contributed by atoms with van der Waals surface area (Å²) in [5.74, 6) is 0.391. The second-order valence-electron chi connectivity index (χ2n) is 5.89. The summed E-state index contributed by atoms with van der Waals surface area (Å²) < 4.78 is 12.3. The first kappa shape index (κ1) is 17.4. The van der Waals surface area contributed by atoms with Crippen LogP contribution in [0.15, 0.2) is 30.5 Å². The number of nitrogens with zero attached hydrogens (tertiary/aromatic N) is 3. The van der Waals surface area contributed by atoms with Gasteiger partial charge in [-0.25, -0.2) is 4.68 Å². The van der Waals surface area contributed by atoms with Crippen molar-refractivity contribution < 1.29 is 14.3 Å². The van der Waals surface area contributed by atoms with Crippen LogP contribution in [-0.2, 0) is 4.74 Å². The number of nitrogens with one attached hydrogen (secondary N) is 2. The van der Waals surface area contributed by atoms with Crippen molar-refractivity contribution in [2.45, 2.75) is 18.9 Å². The summed E-state index contributed by atoms with van der Waals surface area (Å²) in [6.45, 7) is 2.89. The lowest BCUT2D eigenvalue weighted by molar-refractivity contribution is 0.102. The predicted octanol–water partition coefficient (Wildman–Crippen LogP) is 1.48. The fourth-order valence-corrected chi connectivity index (χ4v) is 2.73. The molecule has 2 N–H and O–H groups in total. The quantitative estimate of drug-likeness (QED) is 0.739. The molecule has 1 amide bonds. The summed E-state index contributed by atoms with van der Waals surface area (Å²) in [5, 5.41) is 14.2. The van der Waals surface area contributed by atoms with Gasteiger partial charge in [0.05, 0.1) is 18.8 Å². The molecule has 1 aromatic carbocycles. The molecule has 0 aliphatic carbocycles. The van der Waals surface area contributed by atoms with E-state index < -0.39 is 0 Å². The third kappa shape index (κ3) is 4.77. The van der Waals surface area contributed by atoms with Gasteiger partial charge in [-0.05, 0) is 38.1 Å². The molecule has 2 heterocycles. The van der Waals surface area contributed by atoms with E-state index in [1.165, 1.54) is 0 Å². The van der Waals surface area contributed by atoms with Gasteiger partial charge in [-0.15, -0.1) is 5.10 Å². The SMILES string of the molecule is COCCOc1cccc(NC(=O)c2cn(C3CCNCC3)nn2)c1. The van der Waals surface area contributed by atoms with Crippen molar-refractivity contribution in [3.63, 3.8) is 0 Å². The van der Waals surface area contributed by atoms with E-state index in [0.29, 0.717) is 36.4 Å². The molecule has 0 spiro atoms. The van der Waals surface area contributed by atoms with Crippen LogP contribution in [-0.4, -0.2) is 54.3 Å². The number of aromatic nitrogens is 3. The summed E-state index contributed by atoms with van der Waals surface area (Å²) in [5.41, 5.74) is 0.959. The van der Waals surface area contributed by atoms with Gasteiger partial charge in [0.1, 0.15) is 12.4 Å². The van der Waals surface area contributed by atoms with Crippen LogP contribution in [0.1, 0.15) is 29.4 Å². The van der Waals surface area contributed by atoms with E-state index in [0.717, 1.165) is 25.9 Å². The van der Waals surface area contributed by atoms with E-state index in [1.54, 1.807) is 30.1 Å². The number of rotatable bonds is 7. The number of ether oxygens (including phenoxy) is 2. The number of benzene rings is 1. The van der Waals surface area contributed by atoms with E-state index in [2.05, 4.69) is 20.9 Å². The third-order valence-electron chi connectivity index (χ3n) is 4.07. The number of carbonyl (C=O) groups excluding carboxylic acids is 1. The zero-order valence-corrected chi connectivity index (χ0v) is 14.3. The average molecular weight is 345 g/mol. The van der Waals surface area contributed by atoms with E-state index in [4.69, 9.17) is 9.47 Å². The smallest absolute Gasteiger partial charge is 0.277 e. The molecule has 1 aromatic heterocycles. The highest BCUT2D eigenvalue weighted by Gasteiger charge is 2.18. The zero-order chi connectivity index (χ0) is 17.5. The molecule has 1 fully saturated rings. The number of amides is 1. The molecule has 0 atom stereocenters. The molecule has 1 aliphatic rings. The fraction of sp³-hybridized carbons (Fsp3) is 0.471. The molecule has 0 bridgehead atoms. The molecule has 25 heavy (non-hydrogen) atoms. The molecule has 2 aromatic rings. The Hall–Kier alpha value is -2.45. The topological polar surface area (TPSA) is 90.3 Å². The highest BCUT2D eigenvalue weighted by Crippen LogP contribution is 2.19. The standard InChI is InChI=1S/C17H23N5O3/c1-24-9-10-25-15-4-2-3-13(11-15)19-17(23)16-12-22(21-20-16)14-5-7-18-8-6-14/h2-4,11-12,14,18H,5-10H2,1H3,(H,19,23). The first-order chi connectivity index (χ1) is 12.3. The Morgan fingerprint density at radius 3 is 3.00 bits per heavy atom. The number of methoxy groups -OCH3 is 1. The van der Waals surface area contributed by atoms with Gasteiger partial charge < -0.3 is 20.1 Å². The van der Waals surface area contributed by atoms with Gasteiger partial charge in [0.2, 0.25) is 0 Å². The molecule has 1 aliphatic heterocycles. The summed E-state index contributed by atoms with van der Waals surface area (Å²) in [6, 6.07) is 7.53. The number of piperidine rings is 1. The minimum atomic E-state index is -0.283. The van der Waals surface area contributed by atoms with Gasteiger partial charge in [0.25, 0.3) is 5.91 Å². The Labute approximate surface area is 146 Å². The summed E-state index contributed by atoms with van der Waals surface area (Å²) in [6.07, 6.45) is 3.70. The van der Waals surface area contributed by atoms with Crippen LogP contribution in [0.3, 0.4) is 0 Å². The van der Waals surface area contributed by atoms with E-state index in [9.17, 15) is 4.79 Å². The molecular weight excluding hydrogens is 322 g/mol. The number of hydrogen-bond donors (Lipinski definition) is 2. The van der Waals surface area contributed by atoms with Crippen LogP contribution in [0.2, 0.25) is 0 Å². The number of carbonyl (C=O) groups is 1. The van der Waals surface area contributed by atoms with Crippen molar-refractivity contribution in [3.05, 3.63) is 36.2 Å². The second kappa shape index (κ2) is 8.59. The van der Waals surface area contributed by atoms with Gasteiger partial charge >= 0.3 is 0 Å². The Kier molecular flexibility index (Phi) is 5.97. The summed E-state index contributed by atoms with van der Waals surface area (Å²) in [4.78, 5) is 12.4. The molecule has 8 heteroatoms. The van der Waals surface area contributed by atoms with Gasteiger partial charge in [-0.2, -0.15) is 0 Å². The van der Waals surface area contributed by atoms with Crippen molar-refractivity contribution in [2.75, 3.05) is 38.7 Å². The maximum Gasteiger partial charge on any atom is 0.277 e. The predicted molar refractivity (Wildman–Crippen MR) is 92.9 cm³/mol. The maximum atomic E-state index is 12.4. The minimum absolute atomic E-state index is 0.283. The van der Waals surface area contributed by atoms with Crippen LogP contribution < -0.4 is 15.4 Å².